The first-order valence-electron chi connectivity index (χ1n) is 4.63. The highest BCUT2D eigenvalue weighted by atomic mass is 15.4. The first kappa shape index (κ1) is 9.08. The second kappa shape index (κ2) is 3.34. The standard InChI is InChI=1S/C9H13N5/c1-6(2)7-3-4-8-11-12-9(5-10)14(8)13-7/h3-4,6H,5,10H2,1-2H3. The topological polar surface area (TPSA) is 69.1 Å². The largest absolute Gasteiger partial charge is 0.324 e. The SMILES string of the molecule is CC(C)c1ccc2nnc(CN)n2n1. The summed E-state index contributed by atoms with van der Waals surface area (Å²) in [6.45, 7) is 4.55. The number of hydrogen-bond donors (Lipinski definition) is 1. The van der Waals surface area contributed by atoms with Crippen LogP contribution in [0.25, 0.3) is 5.65 Å². The maximum Gasteiger partial charge on any atom is 0.177 e. The first-order valence-corrected chi connectivity index (χ1v) is 4.63. The highest BCUT2D eigenvalue weighted by Crippen LogP contribution is 2.11. The normalized spacial score (nSPS) is 11.4. The van der Waals surface area contributed by atoms with Gasteiger partial charge in [0.2, 0.25) is 0 Å². The molecule has 0 spiro atoms. The lowest BCUT2D eigenvalue weighted by atomic mass is 10.1. The van der Waals surface area contributed by atoms with Gasteiger partial charge in [0, 0.05) is 0 Å². The third-order valence-corrected chi connectivity index (χ3v) is 2.12. The highest BCUT2D eigenvalue weighted by molar-refractivity contribution is 5.36. The van der Waals surface area contributed by atoms with Crippen molar-refractivity contribution in [3.63, 3.8) is 0 Å². The van der Waals surface area contributed by atoms with Gasteiger partial charge >= 0.3 is 0 Å². The van der Waals surface area contributed by atoms with Gasteiger partial charge in [-0.15, -0.1) is 10.2 Å². The van der Waals surface area contributed by atoms with Crippen LogP contribution in [0.3, 0.4) is 0 Å². The molecule has 5 heteroatoms. The number of aromatic nitrogens is 4. The van der Waals surface area contributed by atoms with Gasteiger partial charge in [-0.3, -0.25) is 0 Å². The maximum atomic E-state index is 5.52. The molecule has 0 atom stereocenters. The van der Waals surface area contributed by atoms with Gasteiger partial charge in [-0.1, -0.05) is 13.8 Å². The molecule has 2 rings (SSSR count). The van der Waals surface area contributed by atoms with Gasteiger partial charge in [-0.2, -0.15) is 9.61 Å². The van der Waals surface area contributed by atoms with E-state index in [0.29, 0.717) is 18.3 Å². The Balaban J connectivity index is 2.61. The summed E-state index contributed by atoms with van der Waals surface area (Å²) in [5.74, 6) is 1.09. The van der Waals surface area contributed by atoms with Crippen LogP contribution in [0.2, 0.25) is 0 Å². The molecular formula is C9H13N5. The Morgan fingerprint density at radius 3 is 2.79 bits per heavy atom. The fourth-order valence-electron chi connectivity index (χ4n) is 1.28. The van der Waals surface area contributed by atoms with E-state index in [2.05, 4.69) is 29.1 Å². The average molecular weight is 191 g/mol. The van der Waals surface area contributed by atoms with E-state index < -0.39 is 0 Å². The Hall–Kier alpha value is -1.49. The zero-order chi connectivity index (χ0) is 10.1. The molecule has 5 nitrogen and oxygen atoms in total. The minimum absolute atomic E-state index is 0.357. The quantitative estimate of drug-likeness (QED) is 0.758. The van der Waals surface area contributed by atoms with E-state index in [4.69, 9.17) is 5.73 Å². The molecule has 2 aromatic rings. The minimum atomic E-state index is 0.357. The van der Waals surface area contributed by atoms with Crippen molar-refractivity contribution in [3.05, 3.63) is 23.7 Å². The number of rotatable bonds is 2. The van der Waals surface area contributed by atoms with Crippen molar-refractivity contribution >= 4 is 5.65 Å². The molecule has 0 fully saturated rings. The van der Waals surface area contributed by atoms with Crippen molar-refractivity contribution in [3.8, 4) is 0 Å². The van der Waals surface area contributed by atoms with Crippen LogP contribution in [0.4, 0.5) is 0 Å². The summed E-state index contributed by atoms with van der Waals surface area (Å²) in [6.07, 6.45) is 0. The van der Waals surface area contributed by atoms with E-state index in [9.17, 15) is 0 Å². The molecule has 0 radical (unpaired) electrons. The molecule has 74 valence electrons. The third-order valence-electron chi connectivity index (χ3n) is 2.12. The molecule has 0 amide bonds. The van der Waals surface area contributed by atoms with E-state index in [1.807, 2.05) is 12.1 Å². The molecule has 2 aromatic heterocycles. The Bertz CT molecular complexity index is 445. The molecule has 14 heavy (non-hydrogen) atoms. The Morgan fingerprint density at radius 1 is 1.36 bits per heavy atom. The van der Waals surface area contributed by atoms with Crippen LogP contribution < -0.4 is 5.73 Å². The summed E-state index contributed by atoms with van der Waals surface area (Å²) in [5, 5.41) is 12.3. The molecule has 0 aliphatic carbocycles. The summed E-state index contributed by atoms with van der Waals surface area (Å²) in [4.78, 5) is 0. The number of nitrogens with zero attached hydrogens (tertiary/aromatic N) is 4. The smallest absolute Gasteiger partial charge is 0.177 e. The summed E-state index contributed by atoms with van der Waals surface area (Å²) in [7, 11) is 0. The lowest BCUT2D eigenvalue weighted by molar-refractivity contribution is 0.732. The minimum Gasteiger partial charge on any atom is -0.324 e. The number of fused-ring (bicyclic) bond motifs is 1. The lowest BCUT2D eigenvalue weighted by Gasteiger charge is -2.04. The van der Waals surface area contributed by atoms with Crippen molar-refractivity contribution in [2.75, 3.05) is 0 Å². The molecule has 0 unspecified atom stereocenters. The first-order chi connectivity index (χ1) is 6.72. The zero-order valence-corrected chi connectivity index (χ0v) is 8.31. The van der Waals surface area contributed by atoms with Crippen molar-refractivity contribution in [1.82, 2.24) is 19.8 Å². The van der Waals surface area contributed by atoms with Gasteiger partial charge in [-0.05, 0) is 18.1 Å². The highest BCUT2D eigenvalue weighted by Gasteiger charge is 2.07. The number of nitrogens with two attached hydrogens (primary N) is 1. The van der Waals surface area contributed by atoms with Crippen molar-refractivity contribution in [2.24, 2.45) is 5.73 Å². The fraction of sp³-hybridized carbons (Fsp3) is 0.444. The second-order valence-corrected chi connectivity index (χ2v) is 3.50. The fourth-order valence-corrected chi connectivity index (χ4v) is 1.28. The van der Waals surface area contributed by atoms with E-state index in [-0.39, 0.29) is 0 Å². The Morgan fingerprint density at radius 2 is 2.14 bits per heavy atom. The van der Waals surface area contributed by atoms with Gasteiger partial charge in [0.1, 0.15) is 0 Å². The average Bonchev–Trinajstić information content (AvgIpc) is 2.59. The van der Waals surface area contributed by atoms with Crippen molar-refractivity contribution < 1.29 is 0 Å². The maximum absolute atomic E-state index is 5.52. The predicted molar refractivity (Wildman–Crippen MR) is 52.8 cm³/mol. The van der Waals surface area contributed by atoms with Gasteiger partial charge in [0.25, 0.3) is 0 Å². The molecule has 0 aliphatic heterocycles. The van der Waals surface area contributed by atoms with Gasteiger partial charge in [-0.25, -0.2) is 0 Å². The predicted octanol–water partition coefficient (Wildman–Crippen LogP) is 0.706. The van der Waals surface area contributed by atoms with Crippen LogP contribution in [0.15, 0.2) is 12.1 Å². The molecule has 2 heterocycles. The zero-order valence-electron chi connectivity index (χ0n) is 8.31. The third kappa shape index (κ3) is 1.35. The van der Waals surface area contributed by atoms with Gasteiger partial charge in [0.15, 0.2) is 11.5 Å². The molecule has 0 saturated heterocycles. The summed E-state index contributed by atoms with van der Waals surface area (Å²) < 4.78 is 1.70. The van der Waals surface area contributed by atoms with Crippen LogP contribution in [0, 0.1) is 0 Å². The van der Waals surface area contributed by atoms with Crippen LogP contribution in [0.1, 0.15) is 31.3 Å². The van der Waals surface area contributed by atoms with Crippen LogP contribution in [0.5, 0.6) is 0 Å². The molecule has 2 N–H and O–H groups in total. The Labute approximate surface area is 81.9 Å². The van der Waals surface area contributed by atoms with Crippen LogP contribution >= 0.6 is 0 Å². The number of hydrogen-bond acceptors (Lipinski definition) is 4. The van der Waals surface area contributed by atoms with E-state index in [0.717, 1.165) is 11.3 Å². The van der Waals surface area contributed by atoms with E-state index >= 15 is 0 Å². The monoisotopic (exact) mass is 191 g/mol. The van der Waals surface area contributed by atoms with Crippen LogP contribution in [-0.2, 0) is 6.54 Å². The van der Waals surface area contributed by atoms with E-state index in [1.54, 1.807) is 4.52 Å². The summed E-state index contributed by atoms with van der Waals surface area (Å²) in [6, 6.07) is 3.88. The van der Waals surface area contributed by atoms with E-state index in [1.165, 1.54) is 0 Å². The molecule has 0 aliphatic rings. The second-order valence-electron chi connectivity index (χ2n) is 3.50. The lowest BCUT2D eigenvalue weighted by Crippen LogP contribution is -2.07. The molecule has 0 bridgehead atoms. The van der Waals surface area contributed by atoms with Crippen molar-refractivity contribution in [1.29, 1.82) is 0 Å². The van der Waals surface area contributed by atoms with Gasteiger partial charge in [0.05, 0.1) is 12.2 Å². The van der Waals surface area contributed by atoms with Crippen LogP contribution in [-0.4, -0.2) is 19.8 Å². The summed E-state index contributed by atoms with van der Waals surface area (Å²) in [5.41, 5.74) is 7.29. The van der Waals surface area contributed by atoms with Crippen molar-refractivity contribution in [2.45, 2.75) is 26.3 Å². The molecular weight excluding hydrogens is 178 g/mol. The van der Waals surface area contributed by atoms with Gasteiger partial charge < -0.3 is 5.73 Å². The summed E-state index contributed by atoms with van der Waals surface area (Å²) >= 11 is 0. The molecule has 0 saturated carbocycles. The molecule has 0 aromatic carbocycles. The Kier molecular flexibility index (Phi) is 2.17.